The number of rotatable bonds is 4. The molecule has 0 N–H and O–H groups in total. The van der Waals surface area contributed by atoms with Gasteiger partial charge in [-0.05, 0) is 61.2 Å². The highest BCUT2D eigenvalue weighted by molar-refractivity contribution is 6.31. The maximum Gasteiger partial charge on any atom is 0.271 e. The second-order valence-corrected chi connectivity index (χ2v) is 8.61. The van der Waals surface area contributed by atoms with E-state index in [1.54, 1.807) is 12.1 Å². The Morgan fingerprint density at radius 1 is 0.969 bits per heavy atom. The number of carbonyl (C=O) groups is 1. The van der Waals surface area contributed by atoms with E-state index in [-0.39, 0.29) is 11.5 Å². The van der Waals surface area contributed by atoms with Crippen molar-refractivity contribution in [2.75, 3.05) is 31.1 Å². The molecule has 0 radical (unpaired) electrons. The molecule has 6 nitrogen and oxygen atoms in total. The number of aromatic nitrogens is 2. The van der Waals surface area contributed by atoms with E-state index >= 15 is 0 Å². The van der Waals surface area contributed by atoms with Crippen LogP contribution in [0.4, 0.5) is 5.82 Å². The number of hydrogen-bond donors (Lipinski definition) is 0. The van der Waals surface area contributed by atoms with Crippen LogP contribution >= 0.6 is 11.6 Å². The van der Waals surface area contributed by atoms with Crippen LogP contribution in [0.25, 0.3) is 5.69 Å². The van der Waals surface area contributed by atoms with Crippen molar-refractivity contribution in [2.24, 2.45) is 0 Å². The summed E-state index contributed by atoms with van der Waals surface area (Å²) in [6.45, 7) is 6.79. The number of halogens is 1. The lowest BCUT2D eigenvalue weighted by molar-refractivity contribution is -0.130. The molecule has 4 rings (SSSR count). The molecular formula is C25H27ClN4O2. The first-order valence-electron chi connectivity index (χ1n) is 10.9. The van der Waals surface area contributed by atoms with Crippen molar-refractivity contribution in [3.63, 3.8) is 0 Å². The number of benzene rings is 2. The van der Waals surface area contributed by atoms with Crippen LogP contribution in [0.5, 0.6) is 0 Å². The van der Waals surface area contributed by atoms with Gasteiger partial charge in [-0.2, -0.15) is 4.68 Å². The molecule has 1 amide bonds. The van der Waals surface area contributed by atoms with Crippen molar-refractivity contribution in [2.45, 2.75) is 26.7 Å². The van der Waals surface area contributed by atoms with Crippen LogP contribution < -0.4 is 10.5 Å². The van der Waals surface area contributed by atoms with Gasteiger partial charge in [-0.25, -0.2) is 0 Å². The molecule has 1 saturated heterocycles. The van der Waals surface area contributed by atoms with Gasteiger partial charge in [0.2, 0.25) is 5.91 Å². The van der Waals surface area contributed by atoms with Gasteiger partial charge >= 0.3 is 0 Å². The summed E-state index contributed by atoms with van der Waals surface area (Å²) in [5.41, 5.74) is 3.73. The highest BCUT2D eigenvalue weighted by atomic mass is 35.5. The minimum absolute atomic E-state index is 0.0769. The van der Waals surface area contributed by atoms with Gasteiger partial charge in [0.25, 0.3) is 5.56 Å². The average molecular weight is 451 g/mol. The number of hydrogen-bond acceptors (Lipinski definition) is 4. The van der Waals surface area contributed by atoms with Crippen LogP contribution in [0.15, 0.2) is 59.4 Å². The summed E-state index contributed by atoms with van der Waals surface area (Å²) >= 11 is 6.22. The minimum Gasteiger partial charge on any atom is -0.353 e. The molecule has 32 heavy (non-hydrogen) atoms. The topological polar surface area (TPSA) is 58.4 Å². The predicted octanol–water partition coefficient (Wildman–Crippen LogP) is 3.78. The number of amides is 1. The summed E-state index contributed by atoms with van der Waals surface area (Å²) in [6, 6.07) is 16.7. The summed E-state index contributed by atoms with van der Waals surface area (Å²) < 4.78 is 1.45. The maximum atomic E-state index is 12.8. The molecular weight excluding hydrogens is 424 g/mol. The van der Waals surface area contributed by atoms with E-state index in [1.165, 1.54) is 10.2 Å². The number of aryl methyl sites for hydroxylation is 2. The fourth-order valence-electron chi connectivity index (χ4n) is 3.92. The third-order valence-electron chi connectivity index (χ3n) is 5.99. The molecule has 0 unspecified atom stereocenters. The van der Waals surface area contributed by atoms with E-state index in [4.69, 9.17) is 11.6 Å². The normalized spacial score (nSPS) is 14.3. The van der Waals surface area contributed by atoms with Crippen molar-refractivity contribution < 1.29 is 4.79 Å². The van der Waals surface area contributed by atoms with E-state index in [0.717, 1.165) is 35.6 Å². The first kappa shape index (κ1) is 22.1. The number of carbonyl (C=O) groups excluding carboxylic acids is 1. The van der Waals surface area contributed by atoms with Crippen LogP contribution in [-0.2, 0) is 11.2 Å². The second kappa shape index (κ2) is 9.57. The van der Waals surface area contributed by atoms with Crippen molar-refractivity contribution in [3.05, 3.63) is 86.7 Å². The minimum atomic E-state index is -0.164. The smallest absolute Gasteiger partial charge is 0.271 e. The van der Waals surface area contributed by atoms with Gasteiger partial charge in [0, 0.05) is 37.3 Å². The van der Waals surface area contributed by atoms with E-state index in [1.807, 2.05) is 61.2 Å². The van der Waals surface area contributed by atoms with Crippen LogP contribution in [0.3, 0.4) is 0 Å². The Kier molecular flexibility index (Phi) is 6.61. The van der Waals surface area contributed by atoms with Crippen molar-refractivity contribution >= 4 is 23.3 Å². The summed E-state index contributed by atoms with van der Waals surface area (Å²) in [6.07, 6.45) is 1.13. The highest BCUT2D eigenvalue weighted by Gasteiger charge is 2.21. The van der Waals surface area contributed by atoms with E-state index in [9.17, 15) is 9.59 Å². The van der Waals surface area contributed by atoms with Gasteiger partial charge in [0.05, 0.1) is 12.1 Å². The van der Waals surface area contributed by atoms with Gasteiger partial charge in [0.15, 0.2) is 0 Å². The largest absolute Gasteiger partial charge is 0.353 e. The summed E-state index contributed by atoms with van der Waals surface area (Å²) in [5.74, 6) is 0.816. The maximum absolute atomic E-state index is 12.8. The van der Waals surface area contributed by atoms with E-state index in [0.29, 0.717) is 31.1 Å². The first-order chi connectivity index (χ1) is 15.4. The Morgan fingerprint density at radius 3 is 2.56 bits per heavy atom. The lowest BCUT2D eigenvalue weighted by Crippen LogP contribution is -2.36. The van der Waals surface area contributed by atoms with Crippen molar-refractivity contribution in [3.8, 4) is 5.69 Å². The monoisotopic (exact) mass is 450 g/mol. The Morgan fingerprint density at radius 2 is 1.78 bits per heavy atom. The third-order valence-corrected chi connectivity index (χ3v) is 6.36. The van der Waals surface area contributed by atoms with Crippen LogP contribution in [-0.4, -0.2) is 46.8 Å². The molecule has 166 valence electrons. The van der Waals surface area contributed by atoms with Gasteiger partial charge in [-0.1, -0.05) is 35.9 Å². The molecule has 0 spiro atoms. The number of anilines is 1. The molecule has 0 bridgehead atoms. The fourth-order valence-corrected chi connectivity index (χ4v) is 4.13. The van der Waals surface area contributed by atoms with Crippen LogP contribution in [0, 0.1) is 13.8 Å². The highest BCUT2D eigenvalue weighted by Crippen LogP contribution is 2.18. The Bertz CT molecular complexity index is 1190. The molecule has 3 aromatic rings. The molecule has 1 aliphatic heterocycles. The third kappa shape index (κ3) is 4.86. The van der Waals surface area contributed by atoms with Crippen LogP contribution in [0.2, 0.25) is 5.02 Å². The average Bonchev–Trinajstić information content (AvgIpc) is 3.04. The molecule has 7 heteroatoms. The molecule has 0 aliphatic carbocycles. The first-order valence-corrected chi connectivity index (χ1v) is 11.2. The Hall–Kier alpha value is -3.12. The zero-order chi connectivity index (χ0) is 22.7. The van der Waals surface area contributed by atoms with E-state index in [2.05, 4.69) is 10.00 Å². The molecule has 1 fully saturated rings. The second-order valence-electron chi connectivity index (χ2n) is 8.20. The zero-order valence-electron chi connectivity index (χ0n) is 18.4. The summed E-state index contributed by atoms with van der Waals surface area (Å²) in [4.78, 5) is 29.4. The SMILES string of the molecule is Cc1ccc(-n2nc(N3CCCN(C(=O)Cc4ccccc4Cl)CC3)ccc2=O)cc1C. The molecule has 2 heterocycles. The molecule has 2 aromatic carbocycles. The van der Waals surface area contributed by atoms with Gasteiger partial charge < -0.3 is 9.80 Å². The van der Waals surface area contributed by atoms with Crippen molar-refractivity contribution in [1.29, 1.82) is 0 Å². The van der Waals surface area contributed by atoms with E-state index < -0.39 is 0 Å². The summed E-state index contributed by atoms with van der Waals surface area (Å²) in [5, 5.41) is 5.26. The molecule has 1 aliphatic rings. The van der Waals surface area contributed by atoms with Gasteiger partial charge in [-0.3, -0.25) is 9.59 Å². The molecule has 1 aromatic heterocycles. The Labute approximate surface area is 193 Å². The summed E-state index contributed by atoms with van der Waals surface area (Å²) in [7, 11) is 0. The predicted molar refractivity (Wildman–Crippen MR) is 128 cm³/mol. The van der Waals surface area contributed by atoms with Crippen molar-refractivity contribution in [1.82, 2.24) is 14.7 Å². The quantitative estimate of drug-likeness (QED) is 0.607. The lowest BCUT2D eigenvalue weighted by Gasteiger charge is -2.23. The molecule has 0 atom stereocenters. The standard InChI is InChI=1S/C25H27ClN4O2/c1-18-8-9-21(16-19(18)2)30-24(31)11-10-23(27-30)28-12-5-13-29(15-14-28)25(32)17-20-6-3-4-7-22(20)26/h3-4,6-11,16H,5,12-15,17H2,1-2H3. The van der Waals surface area contributed by atoms with Gasteiger partial charge in [0.1, 0.15) is 5.82 Å². The Balaban J connectivity index is 1.48. The van der Waals surface area contributed by atoms with Crippen LogP contribution in [0.1, 0.15) is 23.1 Å². The number of nitrogens with zero attached hydrogens (tertiary/aromatic N) is 4. The fraction of sp³-hybridized carbons (Fsp3) is 0.320. The zero-order valence-corrected chi connectivity index (χ0v) is 19.2. The van der Waals surface area contributed by atoms with Gasteiger partial charge in [-0.15, -0.1) is 5.10 Å². The molecule has 0 saturated carbocycles. The lowest BCUT2D eigenvalue weighted by atomic mass is 10.1.